The number of aromatic nitrogens is 5. The Kier molecular flexibility index (Phi) is 6.41. The molecule has 3 heterocycles. The van der Waals surface area contributed by atoms with Crippen LogP contribution in [-0.2, 0) is 17.8 Å². The normalized spacial score (nSPS) is 12.1. The van der Waals surface area contributed by atoms with Crippen molar-refractivity contribution in [3.63, 3.8) is 0 Å². The molecule has 0 aliphatic rings. The van der Waals surface area contributed by atoms with Gasteiger partial charge in [0.25, 0.3) is 5.56 Å². The van der Waals surface area contributed by atoms with E-state index in [-0.39, 0.29) is 30.5 Å². The van der Waals surface area contributed by atoms with Crippen LogP contribution in [0.2, 0.25) is 0 Å². The van der Waals surface area contributed by atoms with E-state index in [4.69, 9.17) is 0 Å². The van der Waals surface area contributed by atoms with Crippen molar-refractivity contribution in [2.24, 2.45) is 0 Å². The second-order valence-corrected chi connectivity index (χ2v) is 8.48. The van der Waals surface area contributed by atoms with E-state index in [1.807, 2.05) is 33.8 Å². The molecule has 34 heavy (non-hydrogen) atoms. The summed E-state index contributed by atoms with van der Waals surface area (Å²) < 4.78 is 1.65. The molecule has 1 amide bonds. The molecule has 0 bridgehead atoms. The summed E-state index contributed by atoms with van der Waals surface area (Å²) in [4.78, 5) is 39.5. The van der Waals surface area contributed by atoms with Crippen LogP contribution in [-0.4, -0.2) is 41.4 Å². The van der Waals surface area contributed by atoms with Crippen LogP contribution in [0, 0.1) is 25.2 Å². The van der Waals surface area contributed by atoms with E-state index >= 15 is 0 Å². The maximum Gasteiger partial charge on any atom is 0.258 e. The second kappa shape index (κ2) is 9.43. The van der Waals surface area contributed by atoms with Gasteiger partial charge in [0.05, 0.1) is 23.6 Å². The summed E-state index contributed by atoms with van der Waals surface area (Å²) in [6.45, 7) is 8.06. The largest absolute Gasteiger partial charge is 0.333 e. The summed E-state index contributed by atoms with van der Waals surface area (Å²) in [5, 5.41) is 14.1. The SMILES string of the molecule is CC[C@@H](C)N(Cc1nc2ccccc2c(=O)[nH]1)C(=O)CCc1c(C)nc2c(C#N)cnn2c1C. The fourth-order valence-electron chi connectivity index (χ4n) is 4.21. The molecule has 3 aromatic heterocycles. The van der Waals surface area contributed by atoms with Crippen molar-refractivity contribution in [2.45, 2.75) is 59.5 Å². The van der Waals surface area contributed by atoms with Gasteiger partial charge < -0.3 is 9.88 Å². The Labute approximate surface area is 197 Å². The fourth-order valence-corrected chi connectivity index (χ4v) is 4.21. The molecule has 0 aliphatic carbocycles. The van der Waals surface area contributed by atoms with Gasteiger partial charge >= 0.3 is 0 Å². The number of H-pyrrole nitrogens is 1. The molecule has 0 saturated heterocycles. The highest BCUT2D eigenvalue weighted by molar-refractivity contribution is 5.78. The number of rotatable bonds is 7. The molecular weight excluding hydrogens is 430 g/mol. The molecule has 0 spiro atoms. The van der Waals surface area contributed by atoms with Gasteiger partial charge in [-0.3, -0.25) is 9.59 Å². The van der Waals surface area contributed by atoms with Crippen molar-refractivity contribution >= 4 is 22.5 Å². The first kappa shape index (κ1) is 23.1. The number of hydrogen-bond acceptors (Lipinski definition) is 6. The molecule has 0 aliphatic heterocycles. The van der Waals surface area contributed by atoms with E-state index in [0.717, 1.165) is 23.4 Å². The van der Waals surface area contributed by atoms with Crippen LogP contribution in [0.3, 0.4) is 0 Å². The first-order valence-electron chi connectivity index (χ1n) is 11.3. The summed E-state index contributed by atoms with van der Waals surface area (Å²) in [6.07, 6.45) is 3.06. The van der Waals surface area contributed by atoms with Gasteiger partial charge in [-0.15, -0.1) is 0 Å². The number of nitriles is 1. The molecule has 0 fully saturated rings. The second-order valence-electron chi connectivity index (χ2n) is 8.48. The number of hydrogen-bond donors (Lipinski definition) is 1. The summed E-state index contributed by atoms with van der Waals surface area (Å²) in [6, 6.07) is 9.26. The van der Waals surface area contributed by atoms with Crippen molar-refractivity contribution < 1.29 is 4.79 Å². The summed E-state index contributed by atoms with van der Waals surface area (Å²) in [5.41, 5.74) is 3.94. The topological polar surface area (TPSA) is 120 Å². The number of carbonyl (C=O) groups is 1. The molecule has 0 radical (unpaired) electrons. The number of benzene rings is 1. The van der Waals surface area contributed by atoms with Crippen LogP contribution in [0.4, 0.5) is 0 Å². The third-order valence-corrected chi connectivity index (χ3v) is 6.34. The smallest absolute Gasteiger partial charge is 0.258 e. The minimum atomic E-state index is -0.210. The highest BCUT2D eigenvalue weighted by Gasteiger charge is 2.22. The number of carbonyl (C=O) groups excluding carboxylic acids is 1. The van der Waals surface area contributed by atoms with Gasteiger partial charge in [-0.25, -0.2) is 14.5 Å². The van der Waals surface area contributed by atoms with Crippen LogP contribution in [0.5, 0.6) is 0 Å². The van der Waals surface area contributed by atoms with Crippen molar-refractivity contribution in [2.75, 3.05) is 0 Å². The number of fused-ring (bicyclic) bond motifs is 2. The highest BCUT2D eigenvalue weighted by Crippen LogP contribution is 2.20. The molecule has 9 heteroatoms. The minimum Gasteiger partial charge on any atom is -0.333 e. The predicted octanol–water partition coefficient (Wildman–Crippen LogP) is 3.21. The quantitative estimate of drug-likeness (QED) is 0.455. The molecule has 1 N–H and O–H groups in total. The number of nitrogens with one attached hydrogen (secondary N) is 1. The lowest BCUT2D eigenvalue weighted by Crippen LogP contribution is -2.39. The van der Waals surface area contributed by atoms with Gasteiger partial charge in [-0.2, -0.15) is 10.4 Å². The average molecular weight is 458 g/mol. The lowest BCUT2D eigenvalue weighted by atomic mass is 10.0. The van der Waals surface area contributed by atoms with E-state index in [1.54, 1.807) is 27.6 Å². The molecule has 1 aromatic carbocycles. The van der Waals surface area contributed by atoms with E-state index in [0.29, 0.717) is 34.4 Å². The summed E-state index contributed by atoms with van der Waals surface area (Å²) in [5.74, 6) is 0.440. The van der Waals surface area contributed by atoms with Crippen LogP contribution >= 0.6 is 0 Å². The van der Waals surface area contributed by atoms with Crippen LogP contribution in [0.25, 0.3) is 16.6 Å². The molecule has 1 atom stereocenters. The fraction of sp³-hybridized carbons (Fsp3) is 0.360. The van der Waals surface area contributed by atoms with Gasteiger partial charge in [0.15, 0.2) is 5.65 Å². The maximum absolute atomic E-state index is 13.3. The third-order valence-electron chi connectivity index (χ3n) is 6.34. The molecule has 4 aromatic rings. The Balaban J connectivity index is 1.57. The first-order chi connectivity index (χ1) is 16.3. The van der Waals surface area contributed by atoms with Gasteiger partial charge in [0.2, 0.25) is 5.91 Å². The highest BCUT2D eigenvalue weighted by atomic mass is 16.2. The Morgan fingerprint density at radius 3 is 2.76 bits per heavy atom. The number of aryl methyl sites for hydroxylation is 2. The molecule has 9 nitrogen and oxygen atoms in total. The van der Waals surface area contributed by atoms with E-state index in [1.165, 1.54) is 6.20 Å². The van der Waals surface area contributed by atoms with Gasteiger partial charge in [-0.1, -0.05) is 19.1 Å². The zero-order chi connectivity index (χ0) is 24.4. The molecule has 0 unspecified atom stereocenters. The van der Waals surface area contributed by atoms with Crippen molar-refractivity contribution in [1.29, 1.82) is 5.26 Å². The van der Waals surface area contributed by atoms with E-state index < -0.39 is 0 Å². The number of nitrogens with zero attached hydrogens (tertiary/aromatic N) is 6. The monoisotopic (exact) mass is 457 g/mol. The van der Waals surface area contributed by atoms with E-state index in [9.17, 15) is 14.9 Å². The Morgan fingerprint density at radius 1 is 1.26 bits per heavy atom. The van der Waals surface area contributed by atoms with Gasteiger partial charge in [0.1, 0.15) is 17.5 Å². The van der Waals surface area contributed by atoms with Gasteiger partial charge in [-0.05, 0) is 51.3 Å². The average Bonchev–Trinajstić information content (AvgIpc) is 3.24. The number of amides is 1. The standard InChI is InChI=1S/C25H27N7O2/c1-5-15(2)31(14-22-29-21-9-7-6-8-20(21)25(34)30-22)23(33)11-10-19-16(3)28-24-18(12-26)13-27-32(24)17(19)4/h6-9,13,15H,5,10-11,14H2,1-4H3,(H,29,30,34)/t15-/m1/s1. The van der Waals surface area contributed by atoms with Crippen molar-refractivity contribution in [1.82, 2.24) is 29.5 Å². The Morgan fingerprint density at radius 2 is 2.03 bits per heavy atom. The van der Waals surface area contributed by atoms with Crippen LogP contribution in [0.15, 0.2) is 35.3 Å². The zero-order valence-corrected chi connectivity index (χ0v) is 19.8. The Hall–Kier alpha value is -4.06. The van der Waals surface area contributed by atoms with E-state index in [2.05, 4.69) is 26.1 Å². The molecule has 4 rings (SSSR count). The third kappa shape index (κ3) is 4.27. The lowest BCUT2D eigenvalue weighted by molar-refractivity contribution is -0.134. The van der Waals surface area contributed by atoms with Crippen LogP contribution in [0.1, 0.15) is 55.0 Å². The number of para-hydroxylation sites is 1. The Bertz CT molecular complexity index is 1480. The lowest BCUT2D eigenvalue weighted by Gasteiger charge is -2.28. The minimum absolute atomic E-state index is 0.0172. The summed E-state index contributed by atoms with van der Waals surface area (Å²) >= 11 is 0. The molecular formula is C25H27N7O2. The molecule has 174 valence electrons. The zero-order valence-electron chi connectivity index (χ0n) is 19.8. The molecule has 0 saturated carbocycles. The van der Waals surface area contributed by atoms with Crippen molar-refractivity contribution in [3.05, 3.63) is 69.2 Å². The first-order valence-corrected chi connectivity index (χ1v) is 11.3. The number of aromatic amines is 1. The van der Waals surface area contributed by atoms with Crippen molar-refractivity contribution in [3.8, 4) is 6.07 Å². The summed E-state index contributed by atoms with van der Waals surface area (Å²) in [7, 11) is 0. The van der Waals surface area contributed by atoms with Crippen LogP contribution < -0.4 is 5.56 Å². The van der Waals surface area contributed by atoms with Gasteiger partial charge in [0, 0.05) is 23.9 Å². The maximum atomic E-state index is 13.3. The predicted molar refractivity (Wildman–Crippen MR) is 128 cm³/mol.